The van der Waals surface area contributed by atoms with Crippen molar-refractivity contribution in [3.63, 3.8) is 0 Å². The maximum Gasteiger partial charge on any atom is 0.126 e. The predicted molar refractivity (Wildman–Crippen MR) is 86.8 cm³/mol. The smallest absolute Gasteiger partial charge is 0.126 e. The van der Waals surface area contributed by atoms with Crippen molar-refractivity contribution >= 4 is 24.6 Å². The Morgan fingerprint density at radius 1 is 0.700 bits per heavy atom. The summed E-state index contributed by atoms with van der Waals surface area (Å²) in [7, 11) is -0.496. The summed E-state index contributed by atoms with van der Waals surface area (Å²) < 4.78 is 5.38. The van der Waals surface area contributed by atoms with Crippen molar-refractivity contribution in [1.82, 2.24) is 0 Å². The Bertz CT molecular complexity index is 618. The van der Waals surface area contributed by atoms with Crippen LogP contribution >= 0.6 is 7.92 Å². The third kappa shape index (κ3) is 3.07. The molecule has 0 amide bonds. The molecule has 0 spiro atoms. The van der Waals surface area contributed by atoms with Crippen molar-refractivity contribution in [2.24, 2.45) is 0 Å². The normalized spacial score (nSPS) is 11.2. The Hall–Kier alpha value is -2.11. The van der Waals surface area contributed by atoms with Crippen LogP contribution in [0, 0.1) is 0 Å². The molecular weight excluding hydrogens is 263 g/mol. The van der Waals surface area contributed by atoms with Crippen molar-refractivity contribution in [3.8, 4) is 0 Å². The number of rotatable bonds is 4. The molecule has 1 heterocycles. The minimum atomic E-state index is -0.496. The zero-order valence-corrected chi connectivity index (χ0v) is 11.9. The molecule has 0 unspecified atom stereocenters. The van der Waals surface area contributed by atoms with E-state index in [0.717, 1.165) is 5.76 Å². The summed E-state index contributed by atoms with van der Waals surface area (Å²) in [6, 6.07) is 25.1. The average Bonchev–Trinajstić information content (AvgIpc) is 3.03. The van der Waals surface area contributed by atoms with Gasteiger partial charge in [0.1, 0.15) is 5.76 Å². The second-order valence-electron chi connectivity index (χ2n) is 4.37. The van der Waals surface area contributed by atoms with Gasteiger partial charge in [-0.3, -0.25) is 0 Å². The maximum atomic E-state index is 5.38. The van der Waals surface area contributed by atoms with Gasteiger partial charge in [-0.25, -0.2) is 0 Å². The fraction of sp³-hybridized carbons (Fsp3) is 0. The van der Waals surface area contributed by atoms with E-state index < -0.39 is 7.92 Å². The first-order valence-corrected chi connectivity index (χ1v) is 7.95. The summed E-state index contributed by atoms with van der Waals surface area (Å²) in [6.07, 6.45) is 3.76. The van der Waals surface area contributed by atoms with Gasteiger partial charge >= 0.3 is 0 Å². The first-order valence-electron chi connectivity index (χ1n) is 6.54. The van der Waals surface area contributed by atoms with Crippen LogP contribution in [-0.4, -0.2) is 0 Å². The first-order chi connectivity index (χ1) is 9.93. The van der Waals surface area contributed by atoms with Gasteiger partial charge in [0.25, 0.3) is 0 Å². The molecule has 0 aliphatic carbocycles. The summed E-state index contributed by atoms with van der Waals surface area (Å²) in [5.41, 5.74) is 0. The molecule has 0 fully saturated rings. The zero-order chi connectivity index (χ0) is 13.6. The summed E-state index contributed by atoms with van der Waals surface area (Å²) in [6.45, 7) is 0. The van der Waals surface area contributed by atoms with E-state index in [1.54, 1.807) is 6.26 Å². The fourth-order valence-corrected chi connectivity index (χ4v) is 3.96. The highest BCUT2D eigenvalue weighted by molar-refractivity contribution is 7.75. The van der Waals surface area contributed by atoms with Crippen LogP contribution in [0.2, 0.25) is 0 Å². The highest BCUT2D eigenvalue weighted by Crippen LogP contribution is 2.35. The molecule has 0 aliphatic rings. The van der Waals surface area contributed by atoms with E-state index in [0.29, 0.717) is 0 Å². The van der Waals surface area contributed by atoms with E-state index in [2.05, 4.69) is 72.6 Å². The molecule has 20 heavy (non-hydrogen) atoms. The fourth-order valence-electron chi connectivity index (χ4n) is 2.03. The molecule has 1 aromatic heterocycles. The summed E-state index contributed by atoms with van der Waals surface area (Å²) in [5, 5.41) is 2.69. The quantitative estimate of drug-likeness (QED) is 0.645. The Morgan fingerprint density at radius 2 is 1.30 bits per heavy atom. The highest BCUT2D eigenvalue weighted by atomic mass is 31.1. The van der Waals surface area contributed by atoms with Crippen LogP contribution in [-0.2, 0) is 0 Å². The van der Waals surface area contributed by atoms with E-state index in [-0.39, 0.29) is 0 Å². The van der Waals surface area contributed by atoms with Gasteiger partial charge in [-0.05, 0) is 42.6 Å². The van der Waals surface area contributed by atoms with Gasteiger partial charge < -0.3 is 4.42 Å². The Kier molecular flexibility index (Phi) is 4.10. The summed E-state index contributed by atoms with van der Waals surface area (Å²) >= 11 is 0. The van der Waals surface area contributed by atoms with Gasteiger partial charge in [-0.2, -0.15) is 0 Å². The van der Waals surface area contributed by atoms with E-state index in [9.17, 15) is 0 Å². The van der Waals surface area contributed by atoms with Crippen molar-refractivity contribution in [3.05, 3.63) is 90.6 Å². The maximum absolute atomic E-state index is 5.38. The average molecular weight is 278 g/mol. The monoisotopic (exact) mass is 278 g/mol. The van der Waals surface area contributed by atoms with Gasteiger partial charge in [-0.15, -0.1) is 0 Å². The van der Waals surface area contributed by atoms with Gasteiger partial charge in [-0.1, -0.05) is 60.7 Å². The van der Waals surface area contributed by atoms with E-state index >= 15 is 0 Å². The van der Waals surface area contributed by atoms with Crippen LogP contribution in [0.5, 0.6) is 0 Å². The van der Waals surface area contributed by atoms with E-state index in [1.807, 2.05) is 12.1 Å². The number of hydrogen-bond donors (Lipinski definition) is 0. The molecule has 0 aliphatic heterocycles. The van der Waals surface area contributed by atoms with Crippen LogP contribution in [0.15, 0.2) is 89.3 Å². The van der Waals surface area contributed by atoms with Crippen molar-refractivity contribution in [2.75, 3.05) is 0 Å². The molecular formula is C18H15OP. The number of furan rings is 1. The molecule has 3 aromatic rings. The lowest BCUT2D eigenvalue weighted by molar-refractivity contribution is 0.557. The molecule has 2 aromatic carbocycles. The van der Waals surface area contributed by atoms with Crippen LogP contribution in [0.1, 0.15) is 5.76 Å². The van der Waals surface area contributed by atoms with Gasteiger partial charge in [0, 0.05) is 0 Å². The number of hydrogen-bond acceptors (Lipinski definition) is 1. The van der Waals surface area contributed by atoms with Gasteiger partial charge in [0.2, 0.25) is 0 Å². The second kappa shape index (κ2) is 6.36. The lowest BCUT2D eigenvalue weighted by atomic mass is 10.4. The van der Waals surface area contributed by atoms with Crippen LogP contribution in [0.3, 0.4) is 0 Å². The second-order valence-corrected chi connectivity index (χ2v) is 6.44. The van der Waals surface area contributed by atoms with Crippen LogP contribution < -0.4 is 10.6 Å². The third-order valence-corrected chi connectivity index (χ3v) is 5.16. The summed E-state index contributed by atoms with van der Waals surface area (Å²) in [5.74, 6) is 3.14. The number of benzene rings is 2. The molecule has 0 bridgehead atoms. The molecule has 0 radical (unpaired) electrons. The molecule has 0 saturated heterocycles. The molecule has 0 saturated carbocycles. The largest absolute Gasteiger partial charge is 0.465 e. The van der Waals surface area contributed by atoms with E-state index in [1.165, 1.54) is 10.6 Å². The lowest BCUT2D eigenvalue weighted by Gasteiger charge is -2.14. The minimum absolute atomic E-state index is 0.496. The van der Waals surface area contributed by atoms with Crippen molar-refractivity contribution in [2.45, 2.75) is 0 Å². The first kappa shape index (κ1) is 12.9. The molecule has 2 heteroatoms. The van der Waals surface area contributed by atoms with Crippen LogP contribution in [0.4, 0.5) is 0 Å². The molecule has 3 rings (SSSR count). The molecule has 0 N–H and O–H groups in total. The summed E-state index contributed by atoms with van der Waals surface area (Å²) in [4.78, 5) is 0. The van der Waals surface area contributed by atoms with E-state index in [4.69, 9.17) is 4.42 Å². The third-order valence-electron chi connectivity index (χ3n) is 3.00. The standard InChI is InChI=1S/C18H15OP/c1-3-9-17(10-4-1)20(18-11-5-2-6-12-18)15-13-16-8-7-14-19-16/h1-15H/b15-13+. The SMILES string of the molecule is C(=C\P(c1ccccc1)c1ccccc1)/c1ccco1. The Balaban J connectivity index is 1.96. The predicted octanol–water partition coefficient (Wildman–Crippen LogP) is 4.38. The minimum Gasteiger partial charge on any atom is -0.465 e. The van der Waals surface area contributed by atoms with Gasteiger partial charge in [0.15, 0.2) is 0 Å². The molecule has 0 atom stereocenters. The molecule has 1 nitrogen and oxygen atoms in total. The van der Waals surface area contributed by atoms with Crippen molar-refractivity contribution < 1.29 is 4.42 Å². The Labute approximate surface area is 120 Å². The topological polar surface area (TPSA) is 13.1 Å². The lowest BCUT2D eigenvalue weighted by Crippen LogP contribution is -2.09. The van der Waals surface area contributed by atoms with Crippen LogP contribution in [0.25, 0.3) is 6.08 Å². The van der Waals surface area contributed by atoms with Gasteiger partial charge in [0.05, 0.1) is 6.26 Å². The Morgan fingerprint density at radius 3 is 1.80 bits per heavy atom. The van der Waals surface area contributed by atoms with Crippen molar-refractivity contribution in [1.29, 1.82) is 0 Å². The molecule has 98 valence electrons. The zero-order valence-electron chi connectivity index (χ0n) is 11.0. The highest BCUT2D eigenvalue weighted by Gasteiger charge is 2.09.